The van der Waals surface area contributed by atoms with E-state index in [1.165, 1.54) is 0 Å². The fraction of sp³-hybridized carbons (Fsp3) is 0.450. The number of rotatable bonds is 13. The molecule has 4 amide bonds. The maximum atomic E-state index is 13.0. The van der Waals surface area contributed by atoms with Crippen LogP contribution < -0.4 is 25.6 Å². The molecular weight excluding hydrogens is 686 g/mol. The number of nitrogens with one attached hydrogen (secondary N) is 3. The highest BCUT2D eigenvalue weighted by Gasteiger charge is 2.29. The van der Waals surface area contributed by atoms with Crippen molar-refractivity contribution in [3.05, 3.63) is 72.1 Å². The van der Waals surface area contributed by atoms with Gasteiger partial charge in [-0.3, -0.25) is 29.4 Å². The Morgan fingerprint density at radius 1 is 0.981 bits per heavy atom. The number of hydrogen-bond donors (Lipinski definition) is 3. The summed E-state index contributed by atoms with van der Waals surface area (Å²) in [5, 5.41) is 9.56. The molecule has 7 rings (SSSR count). The molecule has 0 bridgehead atoms. The third-order valence-corrected chi connectivity index (χ3v) is 10.6. The first kappa shape index (κ1) is 36.8. The Morgan fingerprint density at radius 2 is 1.76 bits per heavy atom. The standard InChI is InChI=1S/C40H49N9O5/c1-46(2)39(53)34-24-28-25-42-40(45-37(28)49(34)31-8-3-4-9-31)43-29-11-13-30(14-12-29)48-21-19-47(20-22-48)18-6-17-41-36(51)26-54-32-10-5-7-27(23-32)33-15-16-35(50)44-38(33)52/h5,7,10-14,23-25,31,33H,3-4,6,8-9,15-22,26H2,1-2H3,(H,41,51)(H,42,43,45)(H,44,50,52). The Morgan fingerprint density at radius 3 is 2.50 bits per heavy atom. The summed E-state index contributed by atoms with van der Waals surface area (Å²) in [5.74, 6) is -0.140. The van der Waals surface area contributed by atoms with Crippen molar-refractivity contribution in [2.24, 2.45) is 0 Å². The Kier molecular flexibility index (Phi) is 11.4. The quantitative estimate of drug-likeness (QED) is 0.134. The topological polar surface area (TPSA) is 154 Å². The molecule has 3 fully saturated rings. The zero-order valence-electron chi connectivity index (χ0n) is 31.1. The number of nitrogens with zero attached hydrogens (tertiary/aromatic N) is 6. The molecule has 3 N–H and O–H groups in total. The van der Waals surface area contributed by atoms with Gasteiger partial charge in [-0.15, -0.1) is 0 Å². The summed E-state index contributed by atoms with van der Waals surface area (Å²) >= 11 is 0. The molecule has 54 heavy (non-hydrogen) atoms. The van der Waals surface area contributed by atoms with Crippen LogP contribution in [0.1, 0.15) is 73.0 Å². The van der Waals surface area contributed by atoms with Crippen molar-refractivity contribution in [1.82, 2.24) is 35.0 Å². The lowest BCUT2D eigenvalue weighted by Crippen LogP contribution is -2.47. The van der Waals surface area contributed by atoms with Crippen LogP contribution in [0, 0.1) is 0 Å². The summed E-state index contributed by atoms with van der Waals surface area (Å²) in [5.41, 5.74) is 4.29. The molecule has 3 aliphatic rings. The van der Waals surface area contributed by atoms with Gasteiger partial charge in [0.1, 0.15) is 17.1 Å². The van der Waals surface area contributed by atoms with Crippen LogP contribution in [0.2, 0.25) is 0 Å². The lowest BCUT2D eigenvalue weighted by molar-refractivity contribution is -0.134. The first-order valence-electron chi connectivity index (χ1n) is 19.0. The summed E-state index contributed by atoms with van der Waals surface area (Å²) < 4.78 is 7.82. The smallest absolute Gasteiger partial charge is 0.270 e. The molecule has 14 nitrogen and oxygen atoms in total. The van der Waals surface area contributed by atoms with Gasteiger partial charge in [0, 0.05) is 82.2 Å². The number of fused-ring (bicyclic) bond motifs is 1. The number of piperidine rings is 1. The lowest BCUT2D eigenvalue weighted by atomic mass is 9.90. The Labute approximate surface area is 315 Å². The third-order valence-electron chi connectivity index (χ3n) is 10.6. The van der Waals surface area contributed by atoms with Crippen LogP contribution in [0.4, 0.5) is 17.3 Å². The van der Waals surface area contributed by atoms with Gasteiger partial charge < -0.3 is 29.7 Å². The molecule has 2 aliphatic heterocycles. The highest BCUT2D eigenvalue weighted by Crippen LogP contribution is 2.35. The van der Waals surface area contributed by atoms with Gasteiger partial charge in [0.25, 0.3) is 11.8 Å². The van der Waals surface area contributed by atoms with Crippen molar-refractivity contribution in [2.45, 2.75) is 56.9 Å². The summed E-state index contributed by atoms with van der Waals surface area (Å²) in [4.78, 5) is 65.1. The Balaban J connectivity index is 0.836. The molecule has 0 radical (unpaired) electrons. The number of carbonyl (C=O) groups is 4. The van der Waals surface area contributed by atoms with Crippen LogP contribution in [-0.2, 0) is 14.4 Å². The predicted octanol–water partition coefficient (Wildman–Crippen LogP) is 4.22. The maximum Gasteiger partial charge on any atom is 0.270 e. The normalized spacial score (nSPS) is 18.1. The largest absolute Gasteiger partial charge is 0.484 e. The lowest BCUT2D eigenvalue weighted by Gasteiger charge is -2.36. The van der Waals surface area contributed by atoms with E-state index < -0.39 is 5.92 Å². The van der Waals surface area contributed by atoms with Gasteiger partial charge in [-0.2, -0.15) is 4.98 Å². The SMILES string of the molecule is CN(C)C(=O)c1cc2cnc(Nc3ccc(N4CCN(CCCNC(=O)COc5cccc(C6CCC(=O)NC6=O)c5)CC4)cc3)nc2n1C1CCCC1. The number of piperazine rings is 1. The first-order chi connectivity index (χ1) is 26.2. The second-order valence-electron chi connectivity index (χ2n) is 14.6. The summed E-state index contributed by atoms with van der Waals surface area (Å²) in [6.45, 7) is 5.05. The van der Waals surface area contributed by atoms with E-state index in [0.29, 0.717) is 36.8 Å². The highest BCUT2D eigenvalue weighted by molar-refractivity contribution is 6.01. The minimum absolute atomic E-state index is 0.0216. The number of amides is 4. The second kappa shape index (κ2) is 16.7. The van der Waals surface area contributed by atoms with Crippen molar-refractivity contribution in [2.75, 3.05) is 70.2 Å². The van der Waals surface area contributed by atoms with Crippen LogP contribution >= 0.6 is 0 Å². The summed E-state index contributed by atoms with van der Waals surface area (Å²) in [6.07, 6.45) is 7.81. The Hall–Kier alpha value is -5.50. The average Bonchev–Trinajstić information content (AvgIpc) is 3.84. The zero-order chi connectivity index (χ0) is 37.6. The number of hydrogen-bond acceptors (Lipinski definition) is 10. The molecular formula is C40H49N9O5. The molecule has 1 aliphatic carbocycles. The number of benzene rings is 2. The fourth-order valence-electron chi connectivity index (χ4n) is 7.67. The van der Waals surface area contributed by atoms with E-state index in [9.17, 15) is 19.2 Å². The maximum absolute atomic E-state index is 13.0. The fourth-order valence-corrected chi connectivity index (χ4v) is 7.67. The zero-order valence-corrected chi connectivity index (χ0v) is 31.1. The van der Waals surface area contributed by atoms with E-state index in [0.717, 1.165) is 92.8 Å². The molecule has 4 aromatic rings. The average molecular weight is 736 g/mol. The number of anilines is 3. The molecule has 2 aromatic heterocycles. The van der Waals surface area contributed by atoms with E-state index >= 15 is 0 Å². The van der Waals surface area contributed by atoms with Crippen LogP contribution in [0.15, 0.2) is 60.8 Å². The van der Waals surface area contributed by atoms with Crippen LogP contribution in [0.3, 0.4) is 0 Å². The first-order valence-corrected chi connectivity index (χ1v) is 19.0. The third kappa shape index (κ3) is 8.65. The minimum atomic E-state index is -0.397. The molecule has 284 valence electrons. The van der Waals surface area contributed by atoms with Gasteiger partial charge in [0.15, 0.2) is 6.61 Å². The van der Waals surface area contributed by atoms with E-state index in [4.69, 9.17) is 9.72 Å². The molecule has 1 saturated carbocycles. The number of carbonyl (C=O) groups excluding carboxylic acids is 4. The van der Waals surface area contributed by atoms with E-state index in [-0.39, 0.29) is 36.3 Å². The van der Waals surface area contributed by atoms with Gasteiger partial charge in [-0.1, -0.05) is 25.0 Å². The molecule has 1 unspecified atom stereocenters. The van der Waals surface area contributed by atoms with Crippen molar-refractivity contribution in [1.29, 1.82) is 0 Å². The Bertz CT molecular complexity index is 1980. The van der Waals surface area contributed by atoms with Crippen LogP contribution in [0.5, 0.6) is 5.75 Å². The predicted molar refractivity (Wildman–Crippen MR) is 206 cm³/mol. The summed E-state index contributed by atoms with van der Waals surface area (Å²) in [7, 11) is 3.56. The van der Waals surface area contributed by atoms with Gasteiger partial charge in [-0.05, 0) is 80.3 Å². The summed E-state index contributed by atoms with van der Waals surface area (Å²) in [6, 6.07) is 17.7. The molecule has 2 aromatic carbocycles. The van der Waals surface area contributed by atoms with E-state index in [2.05, 4.69) is 47.4 Å². The molecule has 14 heteroatoms. The van der Waals surface area contributed by atoms with Crippen LogP contribution in [-0.4, -0.2) is 108 Å². The molecule has 1 atom stereocenters. The van der Waals surface area contributed by atoms with Gasteiger partial charge >= 0.3 is 0 Å². The van der Waals surface area contributed by atoms with Gasteiger partial charge in [-0.25, -0.2) is 4.98 Å². The van der Waals surface area contributed by atoms with Crippen molar-refractivity contribution < 1.29 is 23.9 Å². The number of ether oxygens (including phenoxy) is 1. The van der Waals surface area contributed by atoms with E-state index in [1.807, 2.05) is 24.3 Å². The number of aromatic nitrogens is 3. The molecule has 2 saturated heterocycles. The second-order valence-corrected chi connectivity index (χ2v) is 14.6. The van der Waals surface area contributed by atoms with Crippen LogP contribution in [0.25, 0.3) is 11.0 Å². The van der Waals surface area contributed by atoms with Crippen molar-refractivity contribution in [3.8, 4) is 5.75 Å². The molecule has 0 spiro atoms. The number of imide groups is 1. The highest BCUT2D eigenvalue weighted by atomic mass is 16.5. The van der Waals surface area contributed by atoms with Gasteiger partial charge in [0.2, 0.25) is 17.8 Å². The molecule has 4 heterocycles. The van der Waals surface area contributed by atoms with E-state index in [1.54, 1.807) is 43.4 Å². The van der Waals surface area contributed by atoms with Crippen molar-refractivity contribution >= 4 is 52.0 Å². The van der Waals surface area contributed by atoms with Crippen molar-refractivity contribution in [3.63, 3.8) is 0 Å². The minimum Gasteiger partial charge on any atom is -0.484 e. The van der Waals surface area contributed by atoms with Gasteiger partial charge in [0.05, 0.1) is 5.92 Å². The monoisotopic (exact) mass is 735 g/mol.